The van der Waals surface area contributed by atoms with Gasteiger partial charge in [0, 0.05) is 72.7 Å². The average molecular weight is 729 g/mol. The van der Waals surface area contributed by atoms with E-state index in [0.29, 0.717) is 42.8 Å². The maximum absolute atomic E-state index is 13.4. The largest absolute Gasteiger partial charge is 0.493 e. The van der Waals surface area contributed by atoms with Crippen LogP contribution in [0.1, 0.15) is 52.6 Å². The number of benzene rings is 4. The molecule has 0 aliphatic carbocycles. The Kier molecular flexibility index (Phi) is 11.8. The third-order valence-corrected chi connectivity index (χ3v) is 11.2. The van der Waals surface area contributed by atoms with Gasteiger partial charge in [-0.05, 0) is 73.0 Å². The molecule has 0 amide bonds. The number of halogens is 1. The van der Waals surface area contributed by atoms with Gasteiger partial charge in [0.2, 0.25) is 10.0 Å². The smallest absolute Gasteiger partial charge is 0.335 e. The minimum Gasteiger partial charge on any atom is -0.493 e. The number of fused-ring (bicyclic) bond motifs is 1. The Morgan fingerprint density at radius 1 is 0.961 bits per heavy atom. The fourth-order valence-corrected chi connectivity index (χ4v) is 8.23. The number of rotatable bonds is 15. The summed E-state index contributed by atoms with van der Waals surface area (Å²) in [6.07, 6.45) is 0.952. The Morgan fingerprint density at radius 3 is 2.27 bits per heavy atom. The summed E-state index contributed by atoms with van der Waals surface area (Å²) >= 11 is 6.63. The molecule has 1 aliphatic rings. The van der Waals surface area contributed by atoms with Gasteiger partial charge in [0.25, 0.3) is 0 Å². The summed E-state index contributed by atoms with van der Waals surface area (Å²) in [7, 11) is -3.55. The summed E-state index contributed by atoms with van der Waals surface area (Å²) in [6.45, 7) is 6.91. The van der Waals surface area contributed by atoms with E-state index in [1.807, 2.05) is 54.6 Å². The number of carboxylic acid groups (broad SMARTS) is 1. The molecule has 0 spiro atoms. The molecule has 268 valence electrons. The number of hydrogen-bond acceptors (Lipinski definition) is 6. The van der Waals surface area contributed by atoms with E-state index in [2.05, 4.69) is 57.6 Å². The summed E-state index contributed by atoms with van der Waals surface area (Å²) in [4.78, 5) is 13.6. The summed E-state index contributed by atoms with van der Waals surface area (Å²) in [6, 6.07) is 33.3. The maximum Gasteiger partial charge on any atom is 0.335 e. The highest BCUT2D eigenvalue weighted by atomic mass is 35.5. The second kappa shape index (κ2) is 16.4. The van der Waals surface area contributed by atoms with E-state index >= 15 is 0 Å². The number of hydrogen-bond donors (Lipinski definition) is 3. The first-order chi connectivity index (χ1) is 24.6. The summed E-state index contributed by atoms with van der Waals surface area (Å²) in [5, 5.41) is 14.3. The van der Waals surface area contributed by atoms with Crippen molar-refractivity contribution in [2.75, 3.05) is 38.5 Å². The predicted octanol–water partition coefficient (Wildman–Crippen LogP) is 6.40. The van der Waals surface area contributed by atoms with E-state index in [1.165, 1.54) is 12.1 Å². The molecular formula is C40H45ClN4O5S. The van der Waals surface area contributed by atoms with E-state index in [1.54, 1.807) is 12.1 Å². The van der Waals surface area contributed by atoms with Crippen LogP contribution in [-0.4, -0.2) is 79.6 Å². The number of ether oxygens (including phenoxy) is 1. The van der Waals surface area contributed by atoms with Crippen LogP contribution >= 0.6 is 11.6 Å². The Hall–Kier alpha value is -4.19. The van der Waals surface area contributed by atoms with Crippen LogP contribution in [0.3, 0.4) is 0 Å². The lowest BCUT2D eigenvalue weighted by Gasteiger charge is -2.37. The van der Waals surface area contributed by atoms with E-state index < -0.39 is 16.0 Å². The molecule has 4 aromatic carbocycles. The van der Waals surface area contributed by atoms with Crippen molar-refractivity contribution in [2.24, 2.45) is 0 Å². The van der Waals surface area contributed by atoms with Crippen molar-refractivity contribution in [3.63, 3.8) is 0 Å². The molecule has 1 fully saturated rings. The summed E-state index contributed by atoms with van der Waals surface area (Å²) in [5.74, 6) is -0.401. The quantitative estimate of drug-likeness (QED) is 0.114. The number of carbonyl (C=O) groups is 1. The fraction of sp³-hybridized carbons (Fsp3) is 0.325. The number of piperazine rings is 1. The first kappa shape index (κ1) is 36.6. The van der Waals surface area contributed by atoms with Gasteiger partial charge in [-0.1, -0.05) is 72.3 Å². The van der Waals surface area contributed by atoms with Crippen LogP contribution in [0.5, 0.6) is 5.75 Å². The van der Waals surface area contributed by atoms with Gasteiger partial charge in [-0.15, -0.1) is 0 Å². The molecule has 51 heavy (non-hydrogen) atoms. The molecule has 2 heterocycles. The molecule has 1 saturated heterocycles. The highest BCUT2D eigenvalue weighted by molar-refractivity contribution is 7.89. The van der Waals surface area contributed by atoms with Gasteiger partial charge in [0.1, 0.15) is 5.75 Å². The van der Waals surface area contributed by atoms with Crippen molar-refractivity contribution in [3.05, 3.63) is 136 Å². The van der Waals surface area contributed by atoms with Crippen LogP contribution in [0.2, 0.25) is 5.02 Å². The number of nitrogens with zero attached hydrogens (tertiary/aromatic N) is 2. The number of aromatic carboxylic acids is 1. The Balaban J connectivity index is 1.34. The Labute approximate surface area is 305 Å². The second-order valence-corrected chi connectivity index (χ2v) is 15.6. The zero-order valence-electron chi connectivity index (χ0n) is 29.0. The van der Waals surface area contributed by atoms with Crippen molar-refractivity contribution in [1.82, 2.24) is 19.5 Å². The van der Waals surface area contributed by atoms with Gasteiger partial charge >= 0.3 is 5.97 Å². The molecule has 3 N–H and O–H groups in total. The molecule has 5 aromatic rings. The number of sulfonamides is 1. The Bertz CT molecular complexity index is 2000. The molecule has 6 rings (SSSR count). The molecule has 2 atom stereocenters. The van der Waals surface area contributed by atoms with Gasteiger partial charge in [-0.25, -0.2) is 17.9 Å². The average Bonchev–Trinajstić information content (AvgIpc) is 3.41. The topological polar surface area (TPSA) is 113 Å². The van der Waals surface area contributed by atoms with Crippen molar-refractivity contribution in [3.8, 4) is 5.75 Å². The molecule has 1 aromatic heterocycles. The molecule has 11 heteroatoms. The lowest BCUT2D eigenvalue weighted by Crippen LogP contribution is -2.55. The molecule has 0 bridgehead atoms. The minimum absolute atomic E-state index is 0.0284. The van der Waals surface area contributed by atoms with Crippen molar-refractivity contribution in [1.29, 1.82) is 0 Å². The third kappa shape index (κ3) is 9.01. The van der Waals surface area contributed by atoms with E-state index in [9.17, 15) is 18.3 Å². The highest BCUT2D eigenvalue weighted by Gasteiger charge is 2.27. The molecule has 2 unspecified atom stereocenters. The van der Waals surface area contributed by atoms with E-state index in [4.69, 9.17) is 16.3 Å². The number of nitrogens with one attached hydrogen (secondary N) is 2. The van der Waals surface area contributed by atoms with E-state index in [-0.39, 0.29) is 29.9 Å². The molecule has 1 aliphatic heterocycles. The second-order valence-electron chi connectivity index (χ2n) is 13.2. The van der Waals surface area contributed by atoms with Crippen molar-refractivity contribution < 1.29 is 23.1 Å². The first-order valence-electron chi connectivity index (χ1n) is 17.4. The van der Waals surface area contributed by atoms with Gasteiger partial charge in [-0.2, -0.15) is 0 Å². The lowest BCUT2D eigenvalue weighted by atomic mass is 9.97. The molecule has 0 radical (unpaired) electrons. The SMILES string of the molecule is CC1CN(CCS(=O)(=O)NCCc2c(CCOc3ccc(C(=O)O)cc3)c3cc(Cl)ccc3n2C(c2ccccc2)c2ccccc2)C(C)CN1. The number of aromatic nitrogens is 1. The van der Waals surface area contributed by atoms with Crippen molar-refractivity contribution >= 4 is 38.5 Å². The van der Waals surface area contributed by atoms with Crippen LogP contribution in [0.25, 0.3) is 10.9 Å². The molecule has 9 nitrogen and oxygen atoms in total. The highest BCUT2D eigenvalue weighted by Crippen LogP contribution is 2.37. The summed E-state index contributed by atoms with van der Waals surface area (Å²) < 4.78 is 38.1. The molecular weight excluding hydrogens is 684 g/mol. The summed E-state index contributed by atoms with van der Waals surface area (Å²) in [5.41, 5.74) is 5.37. The lowest BCUT2D eigenvalue weighted by molar-refractivity contribution is 0.0697. The zero-order valence-corrected chi connectivity index (χ0v) is 30.5. The predicted molar refractivity (Wildman–Crippen MR) is 204 cm³/mol. The minimum atomic E-state index is -3.55. The van der Waals surface area contributed by atoms with Crippen molar-refractivity contribution in [2.45, 2.75) is 44.8 Å². The standard InChI is InChI=1S/C40H45ClN4O5S/c1-28-27-44(29(2)26-42-28)22-24-51(48,49)43-21-19-38-35(20-23-50-34-16-13-32(14-17-34)40(46)47)36-25-33(41)15-18-37(36)45(38)39(30-9-5-3-6-10-30)31-11-7-4-8-12-31/h3-18,25,28-29,39,42-43H,19-24,26-27H2,1-2H3,(H,46,47). The van der Waals surface area contributed by atoms with Gasteiger partial charge in [-0.3, -0.25) is 4.90 Å². The van der Waals surface area contributed by atoms with Crippen LogP contribution in [0.15, 0.2) is 103 Å². The zero-order chi connectivity index (χ0) is 36.0. The first-order valence-corrected chi connectivity index (χ1v) is 19.4. The maximum atomic E-state index is 13.4. The normalized spacial score (nSPS) is 16.9. The van der Waals surface area contributed by atoms with Gasteiger partial charge in [0.05, 0.1) is 24.0 Å². The fourth-order valence-electron chi connectivity index (χ4n) is 7.02. The Morgan fingerprint density at radius 2 is 1.63 bits per heavy atom. The van der Waals surface area contributed by atoms with Gasteiger partial charge < -0.3 is 19.7 Å². The van der Waals surface area contributed by atoms with Crippen LogP contribution in [0, 0.1) is 0 Å². The van der Waals surface area contributed by atoms with Crippen LogP contribution in [-0.2, 0) is 22.9 Å². The van der Waals surface area contributed by atoms with Crippen LogP contribution in [0.4, 0.5) is 0 Å². The van der Waals surface area contributed by atoms with E-state index in [0.717, 1.165) is 46.4 Å². The van der Waals surface area contributed by atoms with Crippen LogP contribution < -0.4 is 14.8 Å². The molecule has 0 saturated carbocycles. The third-order valence-electron chi connectivity index (χ3n) is 9.62. The number of carboxylic acids is 1. The van der Waals surface area contributed by atoms with Gasteiger partial charge in [0.15, 0.2) is 0 Å². The monoisotopic (exact) mass is 728 g/mol.